The Morgan fingerprint density at radius 3 is 2.50 bits per heavy atom. The summed E-state index contributed by atoms with van der Waals surface area (Å²) in [5.74, 6) is 1.11. The first-order chi connectivity index (χ1) is 17.3. The van der Waals surface area contributed by atoms with Crippen LogP contribution in [0.2, 0.25) is 0 Å². The van der Waals surface area contributed by atoms with Gasteiger partial charge in [-0.05, 0) is 54.5 Å². The molecule has 2 aromatic rings. The summed E-state index contributed by atoms with van der Waals surface area (Å²) in [6.07, 6.45) is 2.49. The minimum atomic E-state index is -1.20. The van der Waals surface area contributed by atoms with Crippen LogP contribution in [0.3, 0.4) is 0 Å². The fraction of sp³-hybridized carbons (Fsp3) is 0.464. The summed E-state index contributed by atoms with van der Waals surface area (Å²) in [7, 11) is 0. The molecule has 8 heteroatoms. The van der Waals surface area contributed by atoms with E-state index in [0.717, 1.165) is 35.3 Å². The highest BCUT2D eigenvalue weighted by atomic mass is 16.5. The third-order valence-corrected chi connectivity index (χ3v) is 7.45. The van der Waals surface area contributed by atoms with E-state index in [2.05, 4.69) is 19.2 Å². The number of likely N-dealkylation sites (tertiary alicyclic amines) is 1. The lowest BCUT2D eigenvalue weighted by atomic mass is 9.90. The van der Waals surface area contributed by atoms with Crippen molar-refractivity contribution in [3.05, 3.63) is 59.2 Å². The van der Waals surface area contributed by atoms with E-state index in [0.29, 0.717) is 42.7 Å². The van der Waals surface area contributed by atoms with Crippen LogP contribution in [-0.4, -0.2) is 53.9 Å². The molecule has 0 unspecified atom stereocenters. The zero-order valence-electron chi connectivity index (χ0n) is 21.1. The molecule has 2 aromatic carbocycles. The van der Waals surface area contributed by atoms with Crippen LogP contribution in [0.5, 0.6) is 11.5 Å². The molecule has 1 N–H and O–H groups in total. The third kappa shape index (κ3) is 4.29. The average molecular weight is 492 g/mol. The molecule has 8 nitrogen and oxygen atoms in total. The highest BCUT2D eigenvalue weighted by Gasteiger charge is 2.50. The molecule has 0 aliphatic carbocycles. The van der Waals surface area contributed by atoms with Crippen LogP contribution in [0, 0.1) is 0 Å². The molecule has 2 atom stereocenters. The second-order valence-corrected chi connectivity index (χ2v) is 10.2. The van der Waals surface area contributed by atoms with E-state index < -0.39 is 17.5 Å². The molecule has 2 saturated heterocycles. The van der Waals surface area contributed by atoms with Crippen molar-refractivity contribution in [3.63, 3.8) is 0 Å². The molecule has 3 aliphatic rings. The Morgan fingerprint density at radius 1 is 1.06 bits per heavy atom. The molecular formula is C28H33N3O5. The van der Waals surface area contributed by atoms with Gasteiger partial charge < -0.3 is 19.7 Å². The van der Waals surface area contributed by atoms with Gasteiger partial charge in [0.1, 0.15) is 12.1 Å². The molecule has 0 spiro atoms. The van der Waals surface area contributed by atoms with Crippen molar-refractivity contribution in [1.82, 2.24) is 15.1 Å². The molecule has 190 valence electrons. The molecule has 3 heterocycles. The molecule has 36 heavy (non-hydrogen) atoms. The second kappa shape index (κ2) is 9.48. The predicted octanol–water partition coefficient (Wildman–Crippen LogP) is 4.10. The van der Waals surface area contributed by atoms with Gasteiger partial charge in [-0.25, -0.2) is 4.79 Å². The Bertz CT molecular complexity index is 1180. The fourth-order valence-electron chi connectivity index (χ4n) is 5.26. The molecule has 5 rings (SSSR count). The van der Waals surface area contributed by atoms with Crippen LogP contribution >= 0.6 is 0 Å². The number of benzene rings is 2. The topological polar surface area (TPSA) is 88.2 Å². The van der Waals surface area contributed by atoms with Crippen LogP contribution in [0.25, 0.3) is 0 Å². The minimum Gasteiger partial charge on any atom is -0.490 e. The van der Waals surface area contributed by atoms with Gasteiger partial charge >= 0.3 is 6.03 Å². The van der Waals surface area contributed by atoms with Gasteiger partial charge in [-0.2, -0.15) is 0 Å². The first kappa shape index (κ1) is 24.2. The zero-order chi connectivity index (χ0) is 25.4. The summed E-state index contributed by atoms with van der Waals surface area (Å²) >= 11 is 0. The molecule has 0 saturated carbocycles. The number of ether oxygens (including phenoxy) is 2. The van der Waals surface area contributed by atoms with Gasteiger partial charge in [-0.15, -0.1) is 0 Å². The van der Waals surface area contributed by atoms with Gasteiger partial charge in [-0.3, -0.25) is 14.5 Å². The summed E-state index contributed by atoms with van der Waals surface area (Å²) in [5, 5.41) is 2.81. The number of hydrogen-bond donors (Lipinski definition) is 1. The summed E-state index contributed by atoms with van der Waals surface area (Å²) in [6.45, 7) is 7.40. The highest BCUT2D eigenvalue weighted by Crippen LogP contribution is 2.38. The number of imide groups is 1. The van der Waals surface area contributed by atoms with Crippen molar-refractivity contribution in [3.8, 4) is 11.5 Å². The largest absolute Gasteiger partial charge is 0.490 e. The van der Waals surface area contributed by atoms with E-state index in [-0.39, 0.29) is 18.5 Å². The summed E-state index contributed by atoms with van der Waals surface area (Å²) in [4.78, 5) is 42.4. The lowest BCUT2D eigenvalue weighted by molar-refractivity contribution is -0.139. The molecule has 0 aromatic heterocycles. The fourth-order valence-corrected chi connectivity index (χ4v) is 5.26. The van der Waals surface area contributed by atoms with E-state index in [9.17, 15) is 14.4 Å². The van der Waals surface area contributed by atoms with E-state index in [1.165, 1.54) is 0 Å². The van der Waals surface area contributed by atoms with Crippen molar-refractivity contribution >= 4 is 17.8 Å². The average Bonchev–Trinajstić information content (AvgIpc) is 3.34. The number of hydrogen-bond acceptors (Lipinski definition) is 5. The number of fused-ring (bicyclic) bond motifs is 1. The quantitative estimate of drug-likeness (QED) is 0.637. The molecule has 2 fully saturated rings. The van der Waals surface area contributed by atoms with E-state index in [1.807, 2.05) is 42.5 Å². The van der Waals surface area contributed by atoms with E-state index in [4.69, 9.17) is 9.47 Å². The van der Waals surface area contributed by atoms with Gasteiger partial charge in [0.15, 0.2) is 11.5 Å². The van der Waals surface area contributed by atoms with Crippen molar-refractivity contribution in [2.24, 2.45) is 0 Å². The van der Waals surface area contributed by atoms with Crippen molar-refractivity contribution in [2.45, 2.75) is 57.5 Å². The lowest BCUT2D eigenvalue weighted by Crippen LogP contribution is -2.44. The minimum absolute atomic E-state index is 0.134. The van der Waals surface area contributed by atoms with Crippen LogP contribution < -0.4 is 14.8 Å². The maximum absolute atomic E-state index is 13.4. The second-order valence-electron chi connectivity index (χ2n) is 10.2. The molecule has 3 aliphatic heterocycles. The van der Waals surface area contributed by atoms with Crippen LogP contribution in [0.4, 0.5) is 4.79 Å². The van der Waals surface area contributed by atoms with Crippen molar-refractivity contribution in [1.29, 1.82) is 0 Å². The number of carbonyl (C=O) groups is 3. The number of urea groups is 1. The summed E-state index contributed by atoms with van der Waals surface area (Å²) in [6, 6.07) is 12.8. The highest BCUT2D eigenvalue weighted by molar-refractivity contribution is 6.09. The molecule has 4 amide bonds. The summed E-state index contributed by atoms with van der Waals surface area (Å²) in [5.41, 5.74) is 1.62. The number of amides is 4. The number of rotatable bonds is 5. The van der Waals surface area contributed by atoms with Gasteiger partial charge in [-0.1, -0.05) is 44.2 Å². The van der Waals surface area contributed by atoms with E-state index in [1.54, 1.807) is 11.8 Å². The normalized spacial score (nSPS) is 23.7. The zero-order valence-corrected chi connectivity index (χ0v) is 21.1. The van der Waals surface area contributed by atoms with Crippen LogP contribution in [0.15, 0.2) is 42.5 Å². The predicted molar refractivity (Wildman–Crippen MR) is 134 cm³/mol. The number of nitrogens with zero attached hydrogens (tertiary/aromatic N) is 2. The first-order valence-electron chi connectivity index (χ1n) is 12.7. The van der Waals surface area contributed by atoms with Gasteiger partial charge in [0.2, 0.25) is 5.91 Å². The SMILES string of the molecule is CC(C)c1ccc([C@]2(C)NC(=O)N(CC(=O)N3CCC[C@@H]3c3ccc4c(c3)OCCCO4)C2=O)cc1. The monoisotopic (exact) mass is 491 g/mol. The maximum atomic E-state index is 13.4. The first-order valence-corrected chi connectivity index (χ1v) is 12.7. The number of nitrogens with one attached hydrogen (secondary N) is 1. The third-order valence-electron chi connectivity index (χ3n) is 7.45. The molecular weight excluding hydrogens is 458 g/mol. The standard InChI is InChI=1S/C28H33N3O5/c1-18(2)19-7-10-21(11-8-19)28(3)26(33)31(27(34)29-28)17-25(32)30-13-4-6-22(30)20-9-12-23-24(16-20)36-15-5-14-35-23/h7-12,16,18,22H,4-6,13-15,17H2,1-3H3,(H,29,34)/t22-,28+/m1/s1. The number of carbonyl (C=O) groups excluding carboxylic acids is 3. The van der Waals surface area contributed by atoms with Gasteiger partial charge in [0.05, 0.1) is 19.3 Å². The van der Waals surface area contributed by atoms with E-state index >= 15 is 0 Å². The van der Waals surface area contributed by atoms with Crippen LogP contribution in [-0.2, 0) is 15.1 Å². The van der Waals surface area contributed by atoms with Crippen molar-refractivity contribution in [2.75, 3.05) is 26.3 Å². The Labute approximate surface area is 211 Å². The Balaban J connectivity index is 1.31. The lowest BCUT2D eigenvalue weighted by Gasteiger charge is -2.27. The smallest absolute Gasteiger partial charge is 0.325 e. The summed E-state index contributed by atoms with van der Waals surface area (Å²) < 4.78 is 11.6. The van der Waals surface area contributed by atoms with Gasteiger partial charge in [0.25, 0.3) is 5.91 Å². The van der Waals surface area contributed by atoms with Crippen molar-refractivity contribution < 1.29 is 23.9 Å². The Kier molecular flexibility index (Phi) is 6.36. The van der Waals surface area contributed by atoms with Crippen LogP contribution in [0.1, 0.15) is 68.7 Å². The molecule has 0 bridgehead atoms. The van der Waals surface area contributed by atoms with Gasteiger partial charge in [0, 0.05) is 13.0 Å². The Hall–Kier alpha value is -3.55. The maximum Gasteiger partial charge on any atom is 0.325 e. The Morgan fingerprint density at radius 2 is 1.78 bits per heavy atom. The molecule has 0 radical (unpaired) electrons.